The van der Waals surface area contributed by atoms with Crippen LogP contribution in [0.4, 0.5) is 0 Å². The summed E-state index contributed by atoms with van der Waals surface area (Å²) in [5.41, 5.74) is 2.69. The minimum atomic E-state index is -0.0429. The third-order valence-corrected chi connectivity index (χ3v) is 5.51. The van der Waals surface area contributed by atoms with E-state index < -0.39 is 0 Å². The third kappa shape index (κ3) is 2.44. The molecule has 0 radical (unpaired) electrons. The van der Waals surface area contributed by atoms with E-state index in [4.69, 9.17) is 0 Å². The van der Waals surface area contributed by atoms with Crippen molar-refractivity contribution in [2.75, 3.05) is 6.54 Å². The van der Waals surface area contributed by atoms with Crippen molar-refractivity contribution in [1.82, 2.24) is 24.1 Å². The van der Waals surface area contributed by atoms with Gasteiger partial charge in [-0.15, -0.1) is 10.2 Å². The maximum Gasteiger partial charge on any atom is 0.256 e. The van der Waals surface area contributed by atoms with Gasteiger partial charge in [0.1, 0.15) is 0 Å². The van der Waals surface area contributed by atoms with Crippen molar-refractivity contribution in [3.8, 4) is 0 Å². The van der Waals surface area contributed by atoms with E-state index in [2.05, 4.69) is 27.8 Å². The average molecular weight is 359 g/mol. The maximum absolute atomic E-state index is 13.5. The summed E-state index contributed by atoms with van der Waals surface area (Å²) in [6.07, 6.45) is 5.84. The highest BCUT2D eigenvalue weighted by Crippen LogP contribution is 2.34. The molecule has 1 saturated heterocycles. The van der Waals surface area contributed by atoms with Gasteiger partial charge in [-0.1, -0.05) is 24.3 Å². The van der Waals surface area contributed by atoms with Crippen LogP contribution in [0.2, 0.25) is 0 Å². The van der Waals surface area contributed by atoms with Crippen molar-refractivity contribution in [3.05, 3.63) is 66.2 Å². The lowest BCUT2D eigenvalue weighted by atomic mass is 10.1. The number of aryl methyl sites for hydroxylation is 1. The highest BCUT2D eigenvalue weighted by Gasteiger charge is 2.34. The number of hydrogen-bond acceptors (Lipinski definition) is 3. The van der Waals surface area contributed by atoms with Gasteiger partial charge < -0.3 is 9.47 Å². The molecule has 0 saturated carbocycles. The topological polar surface area (TPSA) is 55.4 Å². The Morgan fingerprint density at radius 1 is 1.15 bits per heavy atom. The Morgan fingerprint density at radius 3 is 2.89 bits per heavy atom. The van der Waals surface area contributed by atoms with E-state index >= 15 is 0 Å². The van der Waals surface area contributed by atoms with Crippen LogP contribution in [0, 0.1) is 0 Å². The molecule has 0 N–H and O–H groups in total. The van der Waals surface area contributed by atoms with Gasteiger partial charge in [-0.2, -0.15) is 0 Å². The fourth-order valence-electron chi connectivity index (χ4n) is 4.20. The summed E-state index contributed by atoms with van der Waals surface area (Å²) in [5.74, 6) is 0.921. The Kier molecular flexibility index (Phi) is 3.70. The Hall–Kier alpha value is -3.15. The second-order valence-electron chi connectivity index (χ2n) is 6.99. The molecule has 1 aliphatic rings. The lowest BCUT2D eigenvalue weighted by Gasteiger charge is -2.23. The average Bonchev–Trinajstić information content (AvgIpc) is 3.43. The third-order valence-electron chi connectivity index (χ3n) is 5.51. The van der Waals surface area contributed by atoms with E-state index in [0.717, 1.165) is 53.9 Å². The van der Waals surface area contributed by atoms with Crippen molar-refractivity contribution in [2.45, 2.75) is 32.4 Å². The molecule has 0 aliphatic carbocycles. The molecule has 0 spiro atoms. The first kappa shape index (κ1) is 16.1. The van der Waals surface area contributed by atoms with E-state index in [1.165, 1.54) is 0 Å². The summed E-state index contributed by atoms with van der Waals surface area (Å²) in [6, 6.07) is 13.9. The second-order valence-corrected chi connectivity index (χ2v) is 6.99. The summed E-state index contributed by atoms with van der Waals surface area (Å²) in [6.45, 7) is 3.69. The van der Waals surface area contributed by atoms with Crippen molar-refractivity contribution in [3.63, 3.8) is 0 Å². The van der Waals surface area contributed by atoms with E-state index in [-0.39, 0.29) is 11.9 Å². The molecule has 0 unspecified atom stereocenters. The molecule has 6 heteroatoms. The van der Waals surface area contributed by atoms with Crippen LogP contribution < -0.4 is 0 Å². The lowest BCUT2D eigenvalue weighted by molar-refractivity contribution is 0.0731. The monoisotopic (exact) mass is 359 g/mol. The number of likely N-dealkylation sites (tertiary alicyclic amines) is 1. The molecule has 1 atom stereocenters. The summed E-state index contributed by atoms with van der Waals surface area (Å²) < 4.78 is 4.13. The highest BCUT2D eigenvalue weighted by molar-refractivity contribution is 6.07. The van der Waals surface area contributed by atoms with Crippen molar-refractivity contribution >= 4 is 22.5 Å². The number of carbonyl (C=O) groups is 1. The molecule has 3 aromatic heterocycles. The first-order chi connectivity index (χ1) is 13.3. The van der Waals surface area contributed by atoms with E-state index in [1.54, 1.807) is 0 Å². The molecule has 4 heterocycles. The molecular formula is C21H21N5O. The number of rotatable bonds is 3. The first-order valence-corrected chi connectivity index (χ1v) is 9.46. The Morgan fingerprint density at radius 2 is 2.00 bits per heavy atom. The van der Waals surface area contributed by atoms with E-state index in [0.29, 0.717) is 0 Å². The van der Waals surface area contributed by atoms with Gasteiger partial charge in [0.25, 0.3) is 5.91 Å². The van der Waals surface area contributed by atoms with Gasteiger partial charge in [0.15, 0.2) is 11.5 Å². The molecule has 1 aromatic carbocycles. The van der Waals surface area contributed by atoms with Crippen LogP contribution >= 0.6 is 0 Å². The number of benzene rings is 1. The molecule has 1 fully saturated rings. The first-order valence-electron chi connectivity index (χ1n) is 9.46. The van der Waals surface area contributed by atoms with Crippen LogP contribution in [-0.4, -0.2) is 36.5 Å². The predicted octanol–water partition coefficient (Wildman–Crippen LogP) is 3.68. The number of aromatic nitrogens is 4. The zero-order valence-electron chi connectivity index (χ0n) is 15.2. The predicted molar refractivity (Wildman–Crippen MR) is 104 cm³/mol. The van der Waals surface area contributed by atoms with Gasteiger partial charge in [-0.05, 0) is 38.0 Å². The number of pyridine rings is 1. The zero-order chi connectivity index (χ0) is 18.4. The van der Waals surface area contributed by atoms with Gasteiger partial charge >= 0.3 is 0 Å². The quantitative estimate of drug-likeness (QED) is 0.561. The number of carbonyl (C=O) groups excluding carboxylic acids is 1. The molecule has 136 valence electrons. The summed E-state index contributed by atoms with van der Waals surface area (Å²) in [4.78, 5) is 15.5. The Labute approximate surface area is 157 Å². The number of fused-ring (bicyclic) bond motifs is 2. The molecule has 0 bridgehead atoms. The fourth-order valence-corrected chi connectivity index (χ4v) is 4.20. The van der Waals surface area contributed by atoms with Crippen molar-refractivity contribution < 1.29 is 4.79 Å². The van der Waals surface area contributed by atoms with Gasteiger partial charge in [-0.3, -0.25) is 9.20 Å². The van der Waals surface area contributed by atoms with Gasteiger partial charge in [0.2, 0.25) is 0 Å². The SMILES string of the molecule is CCn1cc(C(=O)N2CCC[C@H]2c2nnc3ccccn23)c2ccccc21. The molecule has 1 aliphatic heterocycles. The minimum absolute atomic E-state index is 0.0429. The smallest absolute Gasteiger partial charge is 0.256 e. The Bertz CT molecular complexity index is 1140. The zero-order valence-corrected chi connectivity index (χ0v) is 15.2. The van der Waals surface area contributed by atoms with Crippen LogP contribution in [0.5, 0.6) is 0 Å². The molecule has 5 rings (SSSR count). The number of para-hydroxylation sites is 1. The Balaban J connectivity index is 1.57. The standard InChI is InChI=1S/C21H21N5O/c1-2-24-14-16(15-8-3-4-9-17(15)24)21(27)25-13-7-10-18(25)20-23-22-19-11-5-6-12-26(19)20/h3-6,8-9,11-12,14,18H,2,7,10,13H2,1H3/t18-/m0/s1. The van der Waals surface area contributed by atoms with Gasteiger partial charge in [0, 0.05) is 36.4 Å². The van der Waals surface area contributed by atoms with Crippen LogP contribution in [0.15, 0.2) is 54.9 Å². The summed E-state index contributed by atoms with van der Waals surface area (Å²) in [7, 11) is 0. The molecule has 4 aromatic rings. The number of hydrogen-bond donors (Lipinski definition) is 0. The molecule has 1 amide bonds. The van der Waals surface area contributed by atoms with Gasteiger partial charge in [-0.25, -0.2) is 0 Å². The van der Waals surface area contributed by atoms with Crippen molar-refractivity contribution in [1.29, 1.82) is 0 Å². The molecular weight excluding hydrogens is 338 g/mol. The highest BCUT2D eigenvalue weighted by atomic mass is 16.2. The van der Waals surface area contributed by atoms with E-state index in [1.807, 2.05) is 58.1 Å². The second kappa shape index (κ2) is 6.23. The van der Waals surface area contributed by atoms with Crippen LogP contribution in [0.25, 0.3) is 16.6 Å². The normalized spacial score (nSPS) is 17.2. The maximum atomic E-state index is 13.5. The van der Waals surface area contributed by atoms with Gasteiger partial charge in [0.05, 0.1) is 11.6 Å². The van der Waals surface area contributed by atoms with Crippen LogP contribution in [0.1, 0.15) is 42.0 Å². The summed E-state index contributed by atoms with van der Waals surface area (Å²) >= 11 is 0. The van der Waals surface area contributed by atoms with E-state index in [9.17, 15) is 4.79 Å². The summed E-state index contributed by atoms with van der Waals surface area (Å²) in [5, 5.41) is 9.68. The lowest BCUT2D eigenvalue weighted by Crippen LogP contribution is -2.31. The largest absolute Gasteiger partial charge is 0.347 e. The molecule has 27 heavy (non-hydrogen) atoms. The molecule has 6 nitrogen and oxygen atoms in total. The van der Waals surface area contributed by atoms with Crippen molar-refractivity contribution in [2.24, 2.45) is 0 Å². The number of nitrogens with zero attached hydrogens (tertiary/aromatic N) is 5. The fraction of sp³-hybridized carbons (Fsp3) is 0.286. The van der Waals surface area contributed by atoms with Crippen LogP contribution in [-0.2, 0) is 6.54 Å². The minimum Gasteiger partial charge on any atom is -0.347 e. The van der Waals surface area contributed by atoms with Crippen LogP contribution in [0.3, 0.4) is 0 Å². The number of amides is 1.